The molecule has 1 saturated heterocycles. The second-order valence-electron chi connectivity index (χ2n) is 13.6. The highest BCUT2D eigenvalue weighted by Gasteiger charge is 2.42. The molecule has 3 amide bonds. The SMILES string of the molecule is CC(C)(C)NC(=O)N1CCN([C@H]2c3ccc(Cl)cc3CCc3cc(Br)cnc32)C[C@@H]1C(=O)N(CCCn1ccnc1)Cc1cccnc1. The Morgan fingerprint density at radius 1 is 1.06 bits per heavy atom. The Kier molecular flexibility index (Phi) is 10.5. The summed E-state index contributed by atoms with van der Waals surface area (Å²) in [5.41, 5.74) is 4.93. The summed E-state index contributed by atoms with van der Waals surface area (Å²) in [7, 11) is 0. The molecule has 1 fully saturated rings. The predicted molar refractivity (Wildman–Crippen MR) is 189 cm³/mol. The third-order valence-corrected chi connectivity index (χ3v) is 9.58. The van der Waals surface area contributed by atoms with E-state index in [0.717, 1.165) is 52.7 Å². The van der Waals surface area contributed by atoms with E-state index in [9.17, 15) is 9.59 Å². The number of hydrogen-bond acceptors (Lipinski definition) is 6. The fourth-order valence-electron chi connectivity index (χ4n) is 6.72. The standard InChI is InChI=1S/C36H42BrClN8O2/c1-36(2,3)42-35(48)46-17-16-44(33-30-10-9-29(38)19-26(30)7-8-27-18-28(37)21-41-32(27)33)23-31(46)34(47)45(22-25-6-4-11-39-20-25)14-5-13-43-15-12-40-24-43/h4,6,9-12,15,18-21,24,31,33H,5,7-8,13-14,16-17,22-23H2,1-3H3,(H,42,48)/t31-,33+/m1/s1. The van der Waals surface area contributed by atoms with Crippen molar-refractivity contribution in [1.29, 1.82) is 0 Å². The number of fused-ring (bicyclic) bond motifs is 2. The van der Waals surface area contributed by atoms with Gasteiger partial charge >= 0.3 is 6.03 Å². The van der Waals surface area contributed by atoms with Crippen molar-refractivity contribution in [1.82, 2.24) is 39.5 Å². The highest BCUT2D eigenvalue weighted by atomic mass is 79.9. The first-order valence-corrected chi connectivity index (χ1v) is 17.6. The molecule has 1 N–H and O–H groups in total. The van der Waals surface area contributed by atoms with E-state index in [1.165, 1.54) is 5.56 Å². The van der Waals surface area contributed by atoms with Crippen molar-refractivity contribution in [3.63, 3.8) is 0 Å². The van der Waals surface area contributed by atoms with Crippen LogP contribution < -0.4 is 5.32 Å². The number of urea groups is 1. The zero-order chi connectivity index (χ0) is 33.8. The molecule has 12 heteroatoms. The minimum absolute atomic E-state index is 0.0906. The quantitative estimate of drug-likeness (QED) is 0.243. The van der Waals surface area contributed by atoms with E-state index < -0.39 is 11.6 Å². The van der Waals surface area contributed by atoms with Crippen LogP contribution >= 0.6 is 27.5 Å². The first-order valence-electron chi connectivity index (χ1n) is 16.4. The van der Waals surface area contributed by atoms with E-state index in [4.69, 9.17) is 16.6 Å². The van der Waals surface area contributed by atoms with Crippen LogP contribution in [0.2, 0.25) is 5.02 Å². The molecule has 48 heavy (non-hydrogen) atoms. The molecule has 4 aromatic rings. The van der Waals surface area contributed by atoms with Crippen molar-refractivity contribution >= 4 is 39.5 Å². The van der Waals surface area contributed by atoms with Gasteiger partial charge in [0.1, 0.15) is 6.04 Å². The Labute approximate surface area is 295 Å². The summed E-state index contributed by atoms with van der Waals surface area (Å²) in [6, 6.07) is 10.9. The van der Waals surface area contributed by atoms with Crippen LogP contribution in [0.5, 0.6) is 0 Å². The number of benzene rings is 1. The number of carbonyl (C=O) groups is 2. The summed E-state index contributed by atoms with van der Waals surface area (Å²) in [6.45, 7) is 8.82. The van der Waals surface area contributed by atoms with Crippen molar-refractivity contribution in [2.24, 2.45) is 0 Å². The number of rotatable bonds is 8. The van der Waals surface area contributed by atoms with Crippen molar-refractivity contribution < 1.29 is 9.59 Å². The average Bonchev–Trinajstić information content (AvgIpc) is 3.52. The lowest BCUT2D eigenvalue weighted by atomic mass is 9.95. The number of hydrogen-bond donors (Lipinski definition) is 1. The highest BCUT2D eigenvalue weighted by Crippen LogP contribution is 2.38. The van der Waals surface area contributed by atoms with Crippen molar-refractivity contribution in [3.05, 3.63) is 111 Å². The third-order valence-electron chi connectivity index (χ3n) is 8.91. The number of piperazine rings is 1. The number of halogens is 2. The molecular formula is C36H42BrClN8O2. The monoisotopic (exact) mass is 732 g/mol. The van der Waals surface area contributed by atoms with Crippen LogP contribution in [-0.4, -0.2) is 83.9 Å². The minimum atomic E-state index is -0.719. The number of pyridine rings is 2. The first-order chi connectivity index (χ1) is 23.1. The molecule has 10 nitrogen and oxygen atoms in total. The summed E-state index contributed by atoms with van der Waals surface area (Å²) >= 11 is 10.1. The van der Waals surface area contributed by atoms with Crippen LogP contribution in [0, 0.1) is 0 Å². The topological polar surface area (TPSA) is 99.5 Å². The number of nitrogens with zero attached hydrogens (tertiary/aromatic N) is 7. The molecule has 0 saturated carbocycles. The van der Waals surface area contributed by atoms with Gasteiger partial charge in [-0.1, -0.05) is 23.7 Å². The number of aryl methyl sites for hydroxylation is 3. The van der Waals surface area contributed by atoms with Gasteiger partial charge in [-0.2, -0.15) is 0 Å². The van der Waals surface area contributed by atoms with E-state index in [0.29, 0.717) is 37.7 Å². The Balaban J connectivity index is 1.36. The van der Waals surface area contributed by atoms with E-state index in [-0.39, 0.29) is 18.0 Å². The Hall–Kier alpha value is -3.80. The van der Waals surface area contributed by atoms with Crippen LogP contribution in [0.3, 0.4) is 0 Å². The number of imidazole rings is 1. The van der Waals surface area contributed by atoms with Gasteiger partial charge in [-0.3, -0.25) is 19.7 Å². The molecule has 2 aliphatic rings. The van der Waals surface area contributed by atoms with Crippen LogP contribution in [0.4, 0.5) is 4.79 Å². The summed E-state index contributed by atoms with van der Waals surface area (Å²) in [5.74, 6) is -0.0906. The fraction of sp³-hybridized carbons (Fsp3) is 0.417. The van der Waals surface area contributed by atoms with Gasteiger partial charge in [0.05, 0.1) is 18.1 Å². The maximum Gasteiger partial charge on any atom is 0.318 e. The largest absolute Gasteiger partial charge is 0.337 e. The van der Waals surface area contributed by atoms with Gasteiger partial charge in [0, 0.05) is 85.3 Å². The molecule has 3 aromatic heterocycles. The zero-order valence-corrected chi connectivity index (χ0v) is 30.0. The number of nitrogens with one attached hydrogen (secondary N) is 1. The number of carbonyl (C=O) groups excluding carboxylic acids is 2. The molecule has 4 heterocycles. The van der Waals surface area contributed by atoms with Crippen molar-refractivity contribution in [2.75, 3.05) is 26.2 Å². The maximum atomic E-state index is 14.9. The van der Waals surface area contributed by atoms with Crippen LogP contribution in [0.1, 0.15) is 61.2 Å². The van der Waals surface area contributed by atoms with Crippen molar-refractivity contribution in [3.8, 4) is 0 Å². The molecule has 1 aromatic carbocycles. The van der Waals surface area contributed by atoms with Gasteiger partial charge in [-0.25, -0.2) is 9.78 Å². The van der Waals surface area contributed by atoms with Gasteiger partial charge in [0.25, 0.3) is 0 Å². The van der Waals surface area contributed by atoms with E-state index in [2.05, 4.69) is 54.3 Å². The molecular weight excluding hydrogens is 692 g/mol. The second-order valence-corrected chi connectivity index (χ2v) is 15.0. The van der Waals surface area contributed by atoms with E-state index in [1.54, 1.807) is 29.8 Å². The van der Waals surface area contributed by atoms with Gasteiger partial charge < -0.3 is 19.7 Å². The lowest BCUT2D eigenvalue weighted by Crippen LogP contribution is -2.64. The van der Waals surface area contributed by atoms with Crippen molar-refractivity contribution in [2.45, 2.75) is 70.7 Å². The summed E-state index contributed by atoms with van der Waals surface area (Å²) in [6.07, 6.45) is 13.2. The lowest BCUT2D eigenvalue weighted by molar-refractivity contribution is -0.139. The Morgan fingerprint density at radius 3 is 2.65 bits per heavy atom. The molecule has 0 radical (unpaired) electrons. The molecule has 2 atom stereocenters. The average molecular weight is 734 g/mol. The smallest absolute Gasteiger partial charge is 0.318 e. The van der Waals surface area contributed by atoms with Gasteiger partial charge in [0.2, 0.25) is 5.91 Å². The first kappa shape index (κ1) is 34.1. The highest BCUT2D eigenvalue weighted by molar-refractivity contribution is 9.10. The molecule has 0 unspecified atom stereocenters. The van der Waals surface area contributed by atoms with Gasteiger partial charge in [-0.15, -0.1) is 0 Å². The Morgan fingerprint density at radius 2 is 1.90 bits per heavy atom. The van der Waals surface area contributed by atoms with Crippen LogP contribution in [0.15, 0.2) is 78.2 Å². The van der Waals surface area contributed by atoms with Gasteiger partial charge in [0.15, 0.2) is 0 Å². The lowest BCUT2D eigenvalue weighted by Gasteiger charge is -2.45. The molecule has 0 bridgehead atoms. The summed E-state index contributed by atoms with van der Waals surface area (Å²) in [5, 5.41) is 3.82. The van der Waals surface area contributed by atoms with Crippen LogP contribution in [-0.2, 0) is 30.7 Å². The molecule has 0 spiro atoms. The second kappa shape index (κ2) is 14.8. The third kappa shape index (κ3) is 8.07. The van der Waals surface area contributed by atoms with Gasteiger partial charge in [-0.05, 0) is 102 Å². The Bertz CT molecular complexity index is 1680. The molecule has 1 aliphatic carbocycles. The zero-order valence-electron chi connectivity index (χ0n) is 27.6. The van der Waals surface area contributed by atoms with Crippen LogP contribution in [0.25, 0.3) is 0 Å². The predicted octanol–water partition coefficient (Wildman–Crippen LogP) is 5.89. The minimum Gasteiger partial charge on any atom is -0.337 e. The fourth-order valence-corrected chi connectivity index (χ4v) is 7.29. The summed E-state index contributed by atoms with van der Waals surface area (Å²) < 4.78 is 2.94. The summed E-state index contributed by atoms with van der Waals surface area (Å²) in [4.78, 5) is 48.1. The molecule has 1 aliphatic heterocycles. The number of aromatic nitrogens is 4. The number of amides is 3. The maximum absolute atomic E-state index is 14.9. The molecule has 252 valence electrons. The van der Waals surface area contributed by atoms with E-state index in [1.807, 2.05) is 60.8 Å². The van der Waals surface area contributed by atoms with E-state index >= 15 is 0 Å². The molecule has 6 rings (SSSR count). The normalized spacial score (nSPS) is 18.1.